The Balaban J connectivity index is 2.95. The van der Waals surface area contributed by atoms with Gasteiger partial charge in [0.25, 0.3) is 0 Å². The number of carboxylic acid groups (broad SMARTS) is 1. The van der Waals surface area contributed by atoms with Gasteiger partial charge in [-0.3, -0.25) is 4.68 Å². The van der Waals surface area contributed by atoms with E-state index in [0.717, 1.165) is 11.4 Å². The Morgan fingerprint density at radius 3 is 2.57 bits per heavy atom. The average Bonchev–Trinajstić information content (AvgIpc) is 2.32. The van der Waals surface area contributed by atoms with Gasteiger partial charge in [0.05, 0.1) is 22.5 Å². The van der Waals surface area contributed by atoms with Gasteiger partial charge >= 0.3 is 0 Å². The van der Waals surface area contributed by atoms with E-state index in [4.69, 9.17) is 11.6 Å². The van der Waals surface area contributed by atoms with Gasteiger partial charge in [0.1, 0.15) is 0 Å². The molecule has 0 saturated heterocycles. The summed E-state index contributed by atoms with van der Waals surface area (Å²) in [4.78, 5) is 10.4. The minimum absolute atomic E-state index is 0.0573. The fourth-order valence-corrected chi connectivity index (χ4v) is 1.52. The molecule has 0 aliphatic rings. The molecule has 0 fully saturated rings. The molecule has 0 saturated carbocycles. The molecule has 0 radical (unpaired) electrons. The second-order valence-corrected chi connectivity index (χ2v) is 3.73. The summed E-state index contributed by atoms with van der Waals surface area (Å²) < 4.78 is 1.62. The molecule has 4 nitrogen and oxygen atoms in total. The lowest BCUT2D eigenvalue weighted by molar-refractivity contribution is -0.306. The maximum absolute atomic E-state index is 10.4. The highest BCUT2D eigenvalue weighted by Crippen LogP contribution is 2.23. The molecule has 0 spiro atoms. The van der Waals surface area contributed by atoms with Crippen LogP contribution in [-0.2, 0) is 4.79 Å². The third kappa shape index (κ3) is 2.07. The average molecular weight is 216 g/mol. The molecule has 0 N–H and O–H groups in total. The molecule has 14 heavy (non-hydrogen) atoms. The van der Waals surface area contributed by atoms with E-state index < -0.39 is 5.97 Å². The number of nitrogens with zero attached hydrogens (tertiary/aromatic N) is 2. The van der Waals surface area contributed by atoms with Crippen molar-refractivity contribution in [3.05, 3.63) is 16.4 Å². The summed E-state index contributed by atoms with van der Waals surface area (Å²) in [6, 6.07) is -0.230. The van der Waals surface area contributed by atoms with Gasteiger partial charge in [0, 0.05) is 12.4 Å². The molecular formula is C9H12ClN2O2-. The van der Waals surface area contributed by atoms with Crippen molar-refractivity contribution < 1.29 is 9.90 Å². The van der Waals surface area contributed by atoms with Crippen LogP contribution in [0.1, 0.15) is 30.8 Å². The lowest BCUT2D eigenvalue weighted by Crippen LogP contribution is -2.26. The van der Waals surface area contributed by atoms with Gasteiger partial charge in [-0.2, -0.15) is 5.10 Å². The van der Waals surface area contributed by atoms with Crippen molar-refractivity contribution in [3.8, 4) is 0 Å². The number of rotatable bonds is 3. The summed E-state index contributed by atoms with van der Waals surface area (Å²) in [5, 5.41) is 15.1. The van der Waals surface area contributed by atoms with Crippen LogP contribution in [0.2, 0.25) is 5.02 Å². The van der Waals surface area contributed by atoms with E-state index in [9.17, 15) is 9.90 Å². The Hall–Kier alpha value is -1.03. The maximum atomic E-state index is 10.4. The molecule has 1 rings (SSSR count). The number of carboxylic acids is 1. The van der Waals surface area contributed by atoms with Gasteiger partial charge in [0.2, 0.25) is 0 Å². The minimum atomic E-state index is -1.08. The Kier molecular flexibility index (Phi) is 3.16. The van der Waals surface area contributed by atoms with Crippen molar-refractivity contribution in [1.82, 2.24) is 9.78 Å². The molecule has 1 aromatic rings. The van der Waals surface area contributed by atoms with Crippen molar-refractivity contribution >= 4 is 17.6 Å². The third-order valence-corrected chi connectivity index (χ3v) is 2.66. The summed E-state index contributed by atoms with van der Waals surface area (Å²) in [6.07, 6.45) is -0.0573. The number of aryl methyl sites for hydroxylation is 1. The van der Waals surface area contributed by atoms with E-state index in [-0.39, 0.29) is 12.5 Å². The number of hydrogen-bond donors (Lipinski definition) is 0. The highest BCUT2D eigenvalue weighted by molar-refractivity contribution is 6.31. The normalized spacial score (nSPS) is 12.9. The lowest BCUT2D eigenvalue weighted by atomic mass is 10.2. The van der Waals surface area contributed by atoms with E-state index in [1.54, 1.807) is 18.5 Å². The second kappa shape index (κ2) is 4.00. The zero-order chi connectivity index (χ0) is 10.9. The van der Waals surface area contributed by atoms with Crippen molar-refractivity contribution in [3.63, 3.8) is 0 Å². The quantitative estimate of drug-likeness (QED) is 0.751. The fourth-order valence-electron chi connectivity index (χ4n) is 1.40. The van der Waals surface area contributed by atoms with Crippen molar-refractivity contribution in [2.75, 3.05) is 0 Å². The summed E-state index contributed by atoms with van der Waals surface area (Å²) in [6.45, 7) is 5.37. The van der Waals surface area contributed by atoms with Gasteiger partial charge < -0.3 is 9.90 Å². The number of carbonyl (C=O) groups is 1. The number of aliphatic carboxylic acids is 1. The predicted octanol–water partition coefficient (Wildman–Crippen LogP) is 0.854. The second-order valence-electron chi connectivity index (χ2n) is 3.35. The van der Waals surface area contributed by atoms with Crippen LogP contribution in [0.5, 0.6) is 0 Å². The van der Waals surface area contributed by atoms with Gasteiger partial charge in [-0.25, -0.2) is 0 Å². The zero-order valence-corrected chi connectivity index (χ0v) is 9.13. The fraction of sp³-hybridized carbons (Fsp3) is 0.556. The van der Waals surface area contributed by atoms with Crippen LogP contribution in [0.4, 0.5) is 0 Å². The number of halogens is 1. The third-order valence-electron chi connectivity index (χ3n) is 2.12. The summed E-state index contributed by atoms with van der Waals surface area (Å²) in [5.74, 6) is -1.08. The van der Waals surface area contributed by atoms with Crippen LogP contribution in [0.15, 0.2) is 0 Å². The van der Waals surface area contributed by atoms with Crippen LogP contribution < -0.4 is 5.11 Å². The van der Waals surface area contributed by atoms with Crippen molar-refractivity contribution in [2.24, 2.45) is 0 Å². The topological polar surface area (TPSA) is 58.0 Å². The SMILES string of the molecule is Cc1nn([C@@H](C)CC(=O)[O-])c(C)c1Cl. The molecule has 0 aliphatic carbocycles. The minimum Gasteiger partial charge on any atom is -0.550 e. The first-order valence-corrected chi connectivity index (χ1v) is 4.72. The monoisotopic (exact) mass is 215 g/mol. The van der Waals surface area contributed by atoms with Gasteiger partial charge in [-0.05, 0) is 20.8 Å². The molecule has 78 valence electrons. The molecular weight excluding hydrogens is 204 g/mol. The van der Waals surface area contributed by atoms with E-state index >= 15 is 0 Å². The van der Waals surface area contributed by atoms with E-state index in [1.165, 1.54) is 0 Å². The maximum Gasteiger partial charge on any atom is 0.0844 e. The molecule has 5 heteroatoms. The van der Waals surface area contributed by atoms with Crippen LogP contribution >= 0.6 is 11.6 Å². The highest BCUT2D eigenvalue weighted by Gasteiger charge is 2.13. The summed E-state index contributed by atoms with van der Waals surface area (Å²) in [5.41, 5.74) is 1.51. The molecule has 0 aliphatic heterocycles. The standard InChI is InChI=1S/C9H13ClN2O2/c1-5(4-8(13)14)12-7(3)9(10)6(2)11-12/h5H,4H2,1-3H3,(H,13,14)/p-1/t5-/m0/s1. The van der Waals surface area contributed by atoms with Crippen LogP contribution in [0.3, 0.4) is 0 Å². The highest BCUT2D eigenvalue weighted by atomic mass is 35.5. The van der Waals surface area contributed by atoms with Crippen molar-refractivity contribution in [2.45, 2.75) is 33.2 Å². The van der Waals surface area contributed by atoms with Crippen molar-refractivity contribution in [1.29, 1.82) is 0 Å². The molecule has 0 aromatic carbocycles. The smallest absolute Gasteiger partial charge is 0.0844 e. The van der Waals surface area contributed by atoms with E-state index in [1.807, 2.05) is 6.92 Å². The summed E-state index contributed by atoms with van der Waals surface area (Å²) in [7, 11) is 0. The molecule has 0 unspecified atom stereocenters. The molecule has 1 atom stereocenters. The van der Waals surface area contributed by atoms with Crippen LogP contribution in [-0.4, -0.2) is 15.7 Å². The number of carbonyl (C=O) groups excluding carboxylic acids is 1. The Labute approximate surface area is 87.5 Å². The Bertz CT molecular complexity index is 360. The number of hydrogen-bond acceptors (Lipinski definition) is 3. The predicted molar refractivity (Wildman–Crippen MR) is 51.0 cm³/mol. The zero-order valence-electron chi connectivity index (χ0n) is 8.37. The van der Waals surface area contributed by atoms with Crippen LogP contribution in [0, 0.1) is 13.8 Å². The Morgan fingerprint density at radius 2 is 2.21 bits per heavy atom. The van der Waals surface area contributed by atoms with Gasteiger partial charge in [-0.15, -0.1) is 0 Å². The first kappa shape index (κ1) is 11.0. The number of aromatic nitrogens is 2. The summed E-state index contributed by atoms with van der Waals surface area (Å²) >= 11 is 5.93. The van der Waals surface area contributed by atoms with E-state index in [0.29, 0.717) is 5.02 Å². The first-order valence-electron chi connectivity index (χ1n) is 4.34. The van der Waals surface area contributed by atoms with Gasteiger partial charge in [0.15, 0.2) is 0 Å². The largest absolute Gasteiger partial charge is 0.550 e. The first-order chi connectivity index (χ1) is 6.43. The van der Waals surface area contributed by atoms with Gasteiger partial charge in [-0.1, -0.05) is 11.6 Å². The Morgan fingerprint density at radius 1 is 1.64 bits per heavy atom. The van der Waals surface area contributed by atoms with Crippen LogP contribution in [0.25, 0.3) is 0 Å². The van der Waals surface area contributed by atoms with E-state index in [2.05, 4.69) is 5.10 Å². The molecule has 1 heterocycles. The molecule has 0 amide bonds. The lowest BCUT2D eigenvalue weighted by Gasteiger charge is -2.14. The molecule has 1 aromatic heterocycles. The molecule has 0 bridgehead atoms.